The molecule has 0 atom stereocenters. The Bertz CT molecular complexity index is 1050. The molecule has 0 aliphatic rings. The molecule has 140 valence electrons. The van der Waals surface area contributed by atoms with Gasteiger partial charge in [0, 0.05) is 17.0 Å². The lowest BCUT2D eigenvalue weighted by molar-refractivity contribution is -0.137. The molecule has 2 aromatic carbocycles. The van der Waals surface area contributed by atoms with E-state index in [-0.39, 0.29) is 23.3 Å². The molecule has 1 heterocycles. The Kier molecular flexibility index (Phi) is 4.73. The molecular weight excluding hydrogens is 364 g/mol. The van der Waals surface area contributed by atoms with Crippen LogP contribution in [0, 0.1) is 12.7 Å². The van der Waals surface area contributed by atoms with Crippen LogP contribution in [-0.2, 0) is 17.5 Å². The zero-order valence-electron chi connectivity index (χ0n) is 14.1. The van der Waals surface area contributed by atoms with Gasteiger partial charge in [0.15, 0.2) is 0 Å². The number of hydrogen-bond acceptors (Lipinski definition) is 2. The van der Waals surface area contributed by atoms with Crippen molar-refractivity contribution in [2.24, 2.45) is 0 Å². The van der Waals surface area contributed by atoms with Crippen LogP contribution in [0.5, 0.6) is 0 Å². The molecule has 1 N–H and O–H groups in total. The van der Waals surface area contributed by atoms with Crippen molar-refractivity contribution in [1.82, 2.24) is 9.78 Å². The summed E-state index contributed by atoms with van der Waals surface area (Å²) in [6.07, 6.45) is -2.51. The minimum absolute atomic E-state index is 0.0924. The standard InChI is InChI=1S/C19H14F4N2O2/c1-11-2-3-12(15(20)8-11)10-25-17-9-13(19(21,22)23)4-5-14(17)16(24-25)6-7-18(26)27/h2-9H,10H2,1H3,(H,26,27). The predicted molar refractivity (Wildman–Crippen MR) is 91.6 cm³/mol. The number of aryl methyl sites for hydroxylation is 1. The van der Waals surface area contributed by atoms with E-state index in [1.54, 1.807) is 19.1 Å². The number of carbonyl (C=O) groups is 1. The molecule has 0 fully saturated rings. The summed E-state index contributed by atoms with van der Waals surface area (Å²) in [5, 5.41) is 13.3. The highest BCUT2D eigenvalue weighted by atomic mass is 19.4. The van der Waals surface area contributed by atoms with Gasteiger partial charge in [0.2, 0.25) is 0 Å². The topological polar surface area (TPSA) is 55.1 Å². The Morgan fingerprint density at radius 2 is 1.96 bits per heavy atom. The van der Waals surface area contributed by atoms with E-state index in [1.807, 2.05) is 0 Å². The number of alkyl halides is 3. The Hall–Kier alpha value is -3.16. The van der Waals surface area contributed by atoms with Gasteiger partial charge in [-0.25, -0.2) is 9.18 Å². The van der Waals surface area contributed by atoms with Gasteiger partial charge in [-0.2, -0.15) is 18.3 Å². The molecule has 0 bridgehead atoms. The van der Waals surface area contributed by atoms with E-state index in [1.165, 1.54) is 22.9 Å². The summed E-state index contributed by atoms with van der Waals surface area (Å²) in [6, 6.07) is 7.61. The van der Waals surface area contributed by atoms with Gasteiger partial charge < -0.3 is 5.11 Å². The monoisotopic (exact) mass is 378 g/mol. The van der Waals surface area contributed by atoms with Gasteiger partial charge in [0.1, 0.15) is 5.82 Å². The first-order chi connectivity index (χ1) is 12.6. The zero-order valence-corrected chi connectivity index (χ0v) is 14.1. The molecule has 3 aromatic rings. The molecule has 8 heteroatoms. The van der Waals surface area contributed by atoms with E-state index in [9.17, 15) is 22.4 Å². The summed E-state index contributed by atoms with van der Waals surface area (Å²) in [5.41, 5.74) is 0.431. The summed E-state index contributed by atoms with van der Waals surface area (Å²) >= 11 is 0. The van der Waals surface area contributed by atoms with E-state index in [0.717, 1.165) is 18.2 Å². The summed E-state index contributed by atoms with van der Waals surface area (Å²) in [6.45, 7) is 1.63. The minimum Gasteiger partial charge on any atom is -0.478 e. The van der Waals surface area contributed by atoms with Gasteiger partial charge >= 0.3 is 12.1 Å². The van der Waals surface area contributed by atoms with Crippen LogP contribution in [0.4, 0.5) is 17.6 Å². The Morgan fingerprint density at radius 3 is 2.59 bits per heavy atom. The molecule has 0 amide bonds. The third-order valence-corrected chi connectivity index (χ3v) is 4.02. The molecule has 1 aromatic heterocycles. The first-order valence-corrected chi connectivity index (χ1v) is 7.89. The molecule has 0 saturated heterocycles. The highest BCUT2D eigenvalue weighted by molar-refractivity contribution is 5.92. The number of carboxylic acids is 1. The van der Waals surface area contributed by atoms with Crippen molar-refractivity contribution in [2.75, 3.05) is 0 Å². The van der Waals surface area contributed by atoms with E-state index < -0.39 is 23.5 Å². The predicted octanol–water partition coefficient (Wildman–Crippen LogP) is 4.65. The zero-order chi connectivity index (χ0) is 19.8. The van der Waals surface area contributed by atoms with Crippen LogP contribution >= 0.6 is 0 Å². The number of rotatable bonds is 4. The number of aromatic nitrogens is 2. The fourth-order valence-electron chi connectivity index (χ4n) is 2.71. The smallest absolute Gasteiger partial charge is 0.416 e. The van der Waals surface area contributed by atoms with Crippen molar-refractivity contribution < 1.29 is 27.5 Å². The molecule has 4 nitrogen and oxygen atoms in total. The second kappa shape index (κ2) is 6.86. The number of carboxylic acid groups (broad SMARTS) is 1. The van der Waals surface area contributed by atoms with Crippen LogP contribution < -0.4 is 0 Å². The van der Waals surface area contributed by atoms with E-state index in [0.29, 0.717) is 10.9 Å². The Morgan fingerprint density at radius 1 is 1.22 bits per heavy atom. The maximum atomic E-state index is 14.2. The largest absolute Gasteiger partial charge is 0.478 e. The second-order valence-electron chi connectivity index (χ2n) is 6.04. The first kappa shape index (κ1) is 18.6. The molecule has 27 heavy (non-hydrogen) atoms. The van der Waals surface area contributed by atoms with Gasteiger partial charge in [0.25, 0.3) is 0 Å². The van der Waals surface area contributed by atoms with E-state index >= 15 is 0 Å². The second-order valence-corrected chi connectivity index (χ2v) is 6.04. The third kappa shape index (κ3) is 3.99. The fourth-order valence-corrected chi connectivity index (χ4v) is 2.71. The number of aliphatic carboxylic acids is 1. The summed E-state index contributed by atoms with van der Waals surface area (Å²) in [5.74, 6) is -1.71. The summed E-state index contributed by atoms with van der Waals surface area (Å²) < 4.78 is 54.6. The maximum Gasteiger partial charge on any atom is 0.416 e. The number of fused-ring (bicyclic) bond motifs is 1. The van der Waals surface area contributed by atoms with Gasteiger partial charge in [-0.15, -0.1) is 0 Å². The van der Waals surface area contributed by atoms with Crippen molar-refractivity contribution in [3.05, 3.63) is 70.7 Å². The van der Waals surface area contributed by atoms with Crippen LogP contribution in [0.15, 0.2) is 42.5 Å². The number of nitrogens with zero attached hydrogens (tertiary/aromatic N) is 2. The molecular formula is C19H14F4N2O2. The van der Waals surface area contributed by atoms with Crippen LogP contribution in [0.3, 0.4) is 0 Å². The minimum atomic E-state index is -4.55. The van der Waals surface area contributed by atoms with Crippen molar-refractivity contribution >= 4 is 22.9 Å². The molecule has 0 spiro atoms. The summed E-state index contributed by atoms with van der Waals surface area (Å²) in [4.78, 5) is 10.7. The van der Waals surface area contributed by atoms with Gasteiger partial charge in [0.05, 0.1) is 23.3 Å². The molecule has 0 saturated carbocycles. The fraction of sp³-hybridized carbons (Fsp3) is 0.158. The number of halogens is 4. The highest BCUT2D eigenvalue weighted by Crippen LogP contribution is 2.32. The van der Waals surface area contributed by atoms with Crippen molar-refractivity contribution in [3.8, 4) is 0 Å². The Labute approximate surface area is 151 Å². The molecule has 3 rings (SSSR count). The lowest BCUT2D eigenvalue weighted by atomic mass is 10.1. The number of hydrogen-bond donors (Lipinski definition) is 1. The van der Waals surface area contributed by atoms with Gasteiger partial charge in [-0.1, -0.05) is 12.1 Å². The van der Waals surface area contributed by atoms with E-state index in [4.69, 9.17) is 5.11 Å². The first-order valence-electron chi connectivity index (χ1n) is 7.89. The van der Waals surface area contributed by atoms with Crippen LogP contribution in [-0.4, -0.2) is 20.9 Å². The van der Waals surface area contributed by atoms with Crippen LogP contribution in [0.2, 0.25) is 0 Å². The van der Waals surface area contributed by atoms with Crippen molar-refractivity contribution in [3.63, 3.8) is 0 Å². The lowest BCUT2D eigenvalue weighted by Gasteiger charge is -2.09. The normalized spacial score (nSPS) is 12.2. The maximum absolute atomic E-state index is 14.2. The summed E-state index contributed by atoms with van der Waals surface area (Å²) in [7, 11) is 0. The quantitative estimate of drug-likeness (QED) is 0.531. The Balaban J connectivity index is 2.15. The van der Waals surface area contributed by atoms with E-state index in [2.05, 4.69) is 5.10 Å². The SMILES string of the molecule is Cc1ccc(Cn2nc(C=CC(=O)O)c3ccc(C(F)(F)F)cc32)c(F)c1. The highest BCUT2D eigenvalue weighted by Gasteiger charge is 2.31. The third-order valence-electron chi connectivity index (χ3n) is 4.02. The van der Waals surface area contributed by atoms with Crippen molar-refractivity contribution in [1.29, 1.82) is 0 Å². The van der Waals surface area contributed by atoms with Crippen LogP contribution in [0.25, 0.3) is 17.0 Å². The average Bonchev–Trinajstić information content (AvgIpc) is 2.92. The van der Waals surface area contributed by atoms with Crippen molar-refractivity contribution in [2.45, 2.75) is 19.6 Å². The molecule has 0 unspecified atom stereocenters. The number of benzene rings is 2. The molecule has 0 radical (unpaired) electrons. The average molecular weight is 378 g/mol. The van der Waals surface area contributed by atoms with Gasteiger partial charge in [-0.05, 0) is 42.8 Å². The molecule has 0 aliphatic heterocycles. The lowest BCUT2D eigenvalue weighted by Crippen LogP contribution is -2.07. The van der Waals surface area contributed by atoms with Crippen LogP contribution in [0.1, 0.15) is 22.4 Å². The molecule has 0 aliphatic carbocycles. The van der Waals surface area contributed by atoms with Gasteiger partial charge in [-0.3, -0.25) is 4.68 Å².